The molecule has 0 spiro atoms. The van der Waals surface area contributed by atoms with Gasteiger partial charge in [-0.15, -0.1) is 0 Å². The normalized spacial score (nSPS) is 16.1. The molecule has 1 aliphatic carbocycles. The second-order valence-electron chi connectivity index (χ2n) is 6.53. The van der Waals surface area contributed by atoms with E-state index in [9.17, 15) is 22.4 Å². The van der Waals surface area contributed by atoms with E-state index >= 15 is 0 Å². The molecule has 0 aromatic heterocycles. The standard InChI is InChI=1S/C22H17F4NO/c1-27(2)12-17-19(15-8-10-16(23)11-9-15)20(14-6-4-3-5-7-14)18(13-28)21(17)22(24,25)26/h3-13H,1-2H3/b17-12-. The molecule has 2 aromatic carbocycles. The molecule has 0 aliphatic heterocycles. The molecule has 0 radical (unpaired) electrons. The molecule has 144 valence electrons. The Morgan fingerprint density at radius 2 is 1.43 bits per heavy atom. The van der Waals surface area contributed by atoms with E-state index in [-0.39, 0.29) is 23.0 Å². The van der Waals surface area contributed by atoms with Gasteiger partial charge in [0.1, 0.15) is 5.82 Å². The molecule has 1 aliphatic rings. The zero-order chi connectivity index (χ0) is 20.5. The number of carbonyl (C=O) groups excluding carboxylic acids is 1. The number of aldehydes is 1. The lowest BCUT2D eigenvalue weighted by atomic mass is 9.92. The Kier molecular flexibility index (Phi) is 5.23. The van der Waals surface area contributed by atoms with Gasteiger partial charge in [-0.1, -0.05) is 42.5 Å². The zero-order valence-electron chi connectivity index (χ0n) is 15.2. The number of halogens is 4. The lowest BCUT2D eigenvalue weighted by Crippen LogP contribution is -2.16. The van der Waals surface area contributed by atoms with Crippen LogP contribution >= 0.6 is 0 Å². The van der Waals surface area contributed by atoms with E-state index in [1.54, 1.807) is 44.4 Å². The van der Waals surface area contributed by atoms with Crippen LogP contribution in [0.1, 0.15) is 11.1 Å². The molecule has 0 atom stereocenters. The van der Waals surface area contributed by atoms with Crippen molar-refractivity contribution in [2.75, 3.05) is 14.1 Å². The van der Waals surface area contributed by atoms with E-state index in [1.165, 1.54) is 35.4 Å². The maximum absolute atomic E-state index is 14.0. The second-order valence-corrected chi connectivity index (χ2v) is 6.53. The molecule has 0 amide bonds. The van der Waals surface area contributed by atoms with Crippen molar-refractivity contribution in [3.63, 3.8) is 0 Å². The van der Waals surface area contributed by atoms with Gasteiger partial charge in [0, 0.05) is 37.0 Å². The molecule has 0 fully saturated rings. The van der Waals surface area contributed by atoms with Crippen molar-refractivity contribution in [2.24, 2.45) is 0 Å². The molecular weight excluding hydrogens is 370 g/mol. The highest BCUT2D eigenvalue weighted by molar-refractivity contribution is 6.18. The summed E-state index contributed by atoms with van der Waals surface area (Å²) in [4.78, 5) is 13.3. The molecular formula is C22H17F4NO. The number of benzene rings is 2. The summed E-state index contributed by atoms with van der Waals surface area (Å²) in [6.45, 7) is 0. The third kappa shape index (κ3) is 3.63. The summed E-state index contributed by atoms with van der Waals surface area (Å²) in [6.07, 6.45) is -3.16. The van der Waals surface area contributed by atoms with Gasteiger partial charge in [-0.05, 0) is 28.8 Å². The van der Waals surface area contributed by atoms with Crippen LogP contribution in [0.5, 0.6) is 0 Å². The number of alkyl halides is 3. The van der Waals surface area contributed by atoms with Gasteiger partial charge in [-0.2, -0.15) is 13.2 Å². The number of hydrogen-bond acceptors (Lipinski definition) is 2. The van der Waals surface area contributed by atoms with Crippen molar-refractivity contribution in [3.05, 3.63) is 94.5 Å². The third-order valence-electron chi connectivity index (χ3n) is 4.31. The Morgan fingerprint density at radius 1 is 0.857 bits per heavy atom. The molecule has 2 nitrogen and oxygen atoms in total. The maximum Gasteiger partial charge on any atom is 0.417 e. The van der Waals surface area contributed by atoms with Crippen molar-refractivity contribution in [3.8, 4) is 0 Å². The van der Waals surface area contributed by atoms with Crippen molar-refractivity contribution in [1.82, 2.24) is 4.90 Å². The Labute approximate surface area is 160 Å². The second kappa shape index (κ2) is 7.46. The van der Waals surface area contributed by atoms with Crippen molar-refractivity contribution in [2.45, 2.75) is 6.18 Å². The van der Waals surface area contributed by atoms with Crippen LogP contribution in [0.4, 0.5) is 17.6 Å². The molecule has 0 bridgehead atoms. The fraction of sp³-hybridized carbons (Fsp3) is 0.136. The Bertz CT molecular complexity index is 981. The van der Waals surface area contributed by atoms with E-state index in [1.807, 2.05) is 0 Å². The van der Waals surface area contributed by atoms with E-state index < -0.39 is 23.1 Å². The highest BCUT2D eigenvalue weighted by atomic mass is 19.4. The van der Waals surface area contributed by atoms with Crippen molar-refractivity contribution in [1.29, 1.82) is 0 Å². The molecule has 0 saturated heterocycles. The van der Waals surface area contributed by atoms with Crippen LogP contribution in [-0.4, -0.2) is 31.5 Å². The summed E-state index contributed by atoms with van der Waals surface area (Å²) < 4.78 is 55.4. The number of carbonyl (C=O) groups is 1. The Morgan fingerprint density at radius 3 is 1.93 bits per heavy atom. The van der Waals surface area contributed by atoms with Crippen LogP contribution < -0.4 is 0 Å². The fourth-order valence-corrected chi connectivity index (χ4v) is 3.30. The van der Waals surface area contributed by atoms with Gasteiger partial charge in [0.2, 0.25) is 0 Å². The van der Waals surface area contributed by atoms with Crippen LogP contribution in [-0.2, 0) is 4.79 Å². The van der Waals surface area contributed by atoms with Crippen molar-refractivity contribution < 1.29 is 22.4 Å². The van der Waals surface area contributed by atoms with E-state index in [0.717, 1.165) is 0 Å². The summed E-state index contributed by atoms with van der Waals surface area (Å²) in [5.74, 6) is -0.499. The average molecular weight is 387 g/mol. The van der Waals surface area contributed by atoms with Crippen LogP contribution in [0.2, 0.25) is 0 Å². The molecule has 0 saturated carbocycles. The predicted octanol–water partition coefficient (Wildman–Crippen LogP) is 5.25. The van der Waals surface area contributed by atoms with E-state index in [0.29, 0.717) is 11.1 Å². The number of rotatable bonds is 4. The van der Waals surface area contributed by atoms with Crippen LogP contribution in [0.25, 0.3) is 11.1 Å². The lowest BCUT2D eigenvalue weighted by Gasteiger charge is -2.17. The van der Waals surface area contributed by atoms with Gasteiger partial charge in [-0.25, -0.2) is 4.39 Å². The van der Waals surface area contributed by atoms with Crippen LogP contribution in [0, 0.1) is 5.82 Å². The SMILES string of the molecule is CN(C)/C=C1/C(c2ccc(F)cc2)=C(c2ccccc2)C(C=O)=C1C(F)(F)F. The summed E-state index contributed by atoms with van der Waals surface area (Å²) in [6, 6.07) is 13.6. The first-order valence-corrected chi connectivity index (χ1v) is 8.45. The fourth-order valence-electron chi connectivity index (χ4n) is 3.30. The number of hydrogen-bond donors (Lipinski definition) is 0. The van der Waals surface area contributed by atoms with Gasteiger partial charge in [0.15, 0.2) is 6.29 Å². The highest BCUT2D eigenvalue weighted by Gasteiger charge is 2.45. The maximum atomic E-state index is 14.0. The molecule has 6 heteroatoms. The lowest BCUT2D eigenvalue weighted by molar-refractivity contribution is -0.106. The van der Waals surface area contributed by atoms with Crippen LogP contribution in [0.3, 0.4) is 0 Å². The smallest absolute Gasteiger partial charge is 0.383 e. The summed E-state index contributed by atoms with van der Waals surface area (Å²) in [5.41, 5.74) is -0.234. The largest absolute Gasteiger partial charge is 0.417 e. The third-order valence-corrected chi connectivity index (χ3v) is 4.31. The summed E-state index contributed by atoms with van der Waals surface area (Å²) >= 11 is 0. The van der Waals surface area contributed by atoms with E-state index in [2.05, 4.69) is 0 Å². The van der Waals surface area contributed by atoms with Crippen LogP contribution in [0.15, 0.2) is 77.5 Å². The molecule has 0 N–H and O–H groups in total. The zero-order valence-corrected chi connectivity index (χ0v) is 15.2. The van der Waals surface area contributed by atoms with Gasteiger partial charge in [0.05, 0.1) is 5.57 Å². The minimum Gasteiger partial charge on any atom is -0.383 e. The minimum absolute atomic E-state index is 0.120. The molecule has 0 heterocycles. The first kappa shape index (κ1) is 19.6. The summed E-state index contributed by atoms with van der Waals surface area (Å²) in [7, 11) is 3.20. The first-order chi connectivity index (χ1) is 13.2. The monoisotopic (exact) mass is 387 g/mol. The van der Waals surface area contributed by atoms with Gasteiger partial charge >= 0.3 is 6.18 Å². The van der Waals surface area contributed by atoms with Gasteiger partial charge in [0.25, 0.3) is 0 Å². The molecule has 2 aromatic rings. The number of nitrogens with zero attached hydrogens (tertiary/aromatic N) is 1. The minimum atomic E-state index is -4.74. The Hall–Kier alpha value is -3.15. The first-order valence-electron chi connectivity index (χ1n) is 8.45. The topological polar surface area (TPSA) is 20.3 Å². The summed E-state index contributed by atoms with van der Waals surface area (Å²) in [5, 5.41) is 0. The predicted molar refractivity (Wildman–Crippen MR) is 101 cm³/mol. The highest BCUT2D eigenvalue weighted by Crippen LogP contribution is 2.51. The molecule has 28 heavy (non-hydrogen) atoms. The van der Waals surface area contributed by atoms with Gasteiger partial charge in [-0.3, -0.25) is 4.79 Å². The Balaban J connectivity index is 2.43. The molecule has 3 rings (SSSR count). The average Bonchev–Trinajstić information content (AvgIpc) is 2.96. The number of allylic oxidation sites excluding steroid dienone is 5. The van der Waals surface area contributed by atoms with E-state index in [4.69, 9.17) is 0 Å². The quantitative estimate of drug-likeness (QED) is 0.527. The molecule has 0 unspecified atom stereocenters. The van der Waals surface area contributed by atoms with Gasteiger partial charge < -0.3 is 4.90 Å². The van der Waals surface area contributed by atoms with Crippen molar-refractivity contribution >= 4 is 17.4 Å².